The highest BCUT2D eigenvalue weighted by atomic mass is 16.5. The van der Waals surface area contributed by atoms with Crippen LogP contribution in [0.4, 0.5) is 0 Å². The number of hydrogen-bond acceptors (Lipinski definition) is 4. The van der Waals surface area contributed by atoms with Crippen molar-refractivity contribution in [1.82, 2.24) is 4.90 Å². The number of ether oxygens (including phenoxy) is 1. The van der Waals surface area contributed by atoms with Gasteiger partial charge in [0, 0.05) is 5.56 Å². The van der Waals surface area contributed by atoms with Crippen LogP contribution in [0.3, 0.4) is 0 Å². The summed E-state index contributed by atoms with van der Waals surface area (Å²) >= 11 is 0. The molecule has 26 heavy (non-hydrogen) atoms. The first-order chi connectivity index (χ1) is 12.4. The quantitative estimate of drug-likeness (QED) is 0.481. The number of hydrogen-bond donors (Lipinski definition) is 1. The number of β-lactam (4-membered cyclic amide) rings is 1. The summed E-state index contributed by atoms with van der Waals surface area (Å²) in [7, 11) is 0. The van der Waals surface area contributed by atoms with Gasteiger partial charge in [-0.05, 0) is 35.6 Å². The van der Waals surface area contributed by atoms with Crippen molar-refractivity contribution in [1.29, 1.82) is 0 Å². The Bertz CT molecular complexity index is 825. The number of carbonyl (C=O) groups excluding carboxylic acids is 3. The van der Waals surface area contributed by atoms with E-state index < -0.39 is 11.9 Å². The van der Waals surface area contributed by atoms with Gasteiger partial charge >= 0.3 is 5.97 Å². The van der Waals surface area contributed by atoms with Gasteiger partial charge in [-0.2, -0.15) is 0 Å². The van der Waals surface area contributed by atoms with Gasteiger partial charge in [-0.3, -0.25) is 9.59 Å². The van der Waals surface area contributed by atoms with Gasteiger partial charge in [0.1, 0.15) is 12.3 Å². The van der Waals surface area contributed by atoms with Crippen LogP contribution in [0.1, 0.15) is 36.2 Å². The molecule has 2 atom stereocenters. The van der Waals surface area contributed by atoms with Crippen LogP contribution < -0.4 is 5.73 Å². The summed E-state index contributed by atoms with van der Waals surface area (Å²) < 4.78 is 5.20. The maximum Gasteiger partial charge on any atom is 0.355 e. The second-order valence-electron chi connectivity index (χ2n) is 6.91. The van der Waals surface area contributed by atoms with Crippen molar-refractivity contribution in [2.45, 2.75) is 26.3 Å². The average molecular weight is 354 g/mol. The number of nitrogens with zero attached hydrogens (tertiary/aromatic N) is 1. The third kappa shape index (κ3) is 2.81. The summed E-state index contributed by atoms with van der Waals surface area (Å²) in [5.41, 5.74) is 7.41. The Balaban J connectivity index is 2.04. The van der Waals surface area contributed by atoms with Crippen LogP contribution in [-0.2, 0) is 14.3 Å². The number of primary amides is 1. The SMILES string of the molecule is C=CCOC(=O)C1=C(c2cccc(C(N)=O)c2)CC2C(C(C)C)C(=O)N12. The smallest absolute Gasteiger partial charge is 0.355 e. The lowest BCUT2D eigenvalue weighted by atomic mass is 9.78. The minimum atomic E-state index is -0.553. The molecule has 0 saturated carbocycles. The van der Waals surface area contributed by atoms with Gasteiger partial charge in [0.15, 0.2) is 0 Å². The van der Waals surface area contributed by atoms with E-state index in [1.54, 1.807) is 23.1 Å². The highest BCUT2D eigenvalue weighted by Crippen LogP contribution is 2.48. The molecule has 136 valence electrons. The molecule has 0 bridgehead atoms. The van der Waals surface area contributed by atoms with Gasteiger partial charge in [0.2, 0.25) is 11.8 Å². The molecule has 0 aliphatic carbocycles. The Morgan fingerprint density at radius 2 is 2.15 bits per heavy atom. The predicted molar refractivity (Wildman–Crippen MR) is 96.6 cm³/mol. The molecule has 6 nitrogen and oxygen atoms in total. The first-order valence-corrected chi connectivity index (χ1v) is 8.61. The van der Waals surface area contributed by atoms with Crippen LogP contribution in [0.2, 0.25) is 0 Å². The molecule has 0 radical (unpaired) electrons. The van der Waals surface area contributed by atoms with Crippen LogP contribution >= 0.6 is 0 Å². The van der Waals surface area contributed by atoms with Gasteiger partial charge in [0.05, 0.1) is 12.0 Å². The van der Waals surface area contributed by atoms with Crippen LogP contribution in [0.15, 0.2) is 42.6 Å². The molecule has 0 spiro atoms. The molecule has 2 unspecified atom stereocenters. The Labute approximate surface area is 152 Å². The van der Waals surface area contributed by atoms with Crippen molar-refractivity contribution >= 4 is 23.4 Å². The van der Waals surface area contributed by atoms with Gasteiger partial charge in [-0.1, -0.05) is 38.6 Å². The number of amides is 2. The van der Waals surface area contributed by atoms with Crippen molar-refractivity contribution in [3.63, 3.8) is 0 Å². The maximum atomic E-state index is 12.6. The van der Waals surface area contributed by atoms with E-state index in [0.29, 0.717) is 23.1 Å². The topological polar surface area (TPSA) is 89.7 Å². The van der Waals surface area contributed by atoms with E-state index in [0.717, 1.165) is 0 Å². The summed E-state index contributed by atoms with van der Waals surface area (Å²) in [6, 6.07) is 6.74. The summed E-state index contributed by atoms with van der Waals surface area (Å²) in [4.78, 5) is 38.3. The summed E-state index contributed by atoms with van der Waals surface area (Å²) in [5.74, 6) is -1.08. The van der Waals surface area contributed by atoms with Crippen LogP contribution in [0, 0.1) is 11.8 Å². The van der Waals surface area contributed by atoms with Crippen molar-refractivity contribution in [2.24, 2.45) is 17.6 Å². The molecule has 1 saturated heterocycles. The lowest BCUT2D eigenvalue weighted by Crippen LogP contribution is -2.60. The fourth-order valence-electron chi connectivity index (χ4n) is 3.78. The van der Waals surface area contributed by atoms with E-state index in [9.17, 15) is 14.4 Å². The Morgan fingerprint density at radius 1 is 1.42 bits per heavy atom. The largest absolute Gasteiger partial charge is 0.457 e. The van der Waals surface area contributed by atoms with Crippen molar-refractivity contribution in [3.05, 3.63) is 53.7 Å². The lowest BCUT2D eigenvalue weighted by molar-refractivity contribution is -0.158. The summed E-state index contributed by atoms with van der Waals surface area (Å²) in [6.45, 7) is 7.61. The van der Waals surface area contributed by atoms with E-state index in [1.807, 2.05) is 19.9 Å². The van der Waals surface area contributed by atoms with E-state index >= 15 is 0 Å². The number of benzene rings is 1. The number of nitrogens with two attached hydrogens (primary N) is 1. The molecule has 1 aromatic rings. The van der Waals surface area contributed by atoms with E-state index in [4.69, 9.17) is 10.5 Å². The second kappa shape index (κ2) is 6.78. The number of rotatable bonds is 6. The molecule has 1 fully saturated rings. The fraction of sp³-hybridized carbons (Fsp3) is 0.350. The average Bonchev–Trinajstić information content (AvgIpc) is 2.94. The summed E-state index contributed by atoms with van der Waals surface area (Å²) in [5, 5.41) is 0. The van der Waals surface area contributed by atoms with Gasteiger partial charge in [-0.25, -0.2) is 4.79 Å². The Kier molecular flexibility index (Phi) is 4.68. The van der Waals surface area contributed by atoms with Crippen molar-refractivity contribution in [2.75, 3.05) is 6.61 Å². The molecule has 2 heterocycles. The third-order valence-corrected chi connectivity index (χ3v) is 4.95. The van der Waals surface area contributed by atoms with Crippen LogP contribution in [0.5, 0.6) is 0 Å². The molecule has 3 rings (SSSR count). The minimum Gasteiger partial charge on any atom is -0.457 e. The molecule has 1 aromatic carbocycles. The van der Waals surface area contributed by atoms with Gasteiger partial charge in [-0.15, -0.1) is 0 Å². The van der Waals surface area contributed by atoms with Crippen LogP contribution in [0.25, 0.3) is 5.57 Å². The third-order valence-electron chi connectivity index (χ3n) is 4.95. The fourth-order valence-corrected chi connectivity index (χ4v) is 3.78. The maximum absolute atomic E-state index is 12.6. The number of carbonyl (C=O) groups is 3. The number of esters is 1. The molecular formula is C20H22N2O4. The highest BCUT2D eigenvalue weighted by molar-refractivity contribution is 6.07. The molecule has 6 heteroatoms. The second-order valence-corrected chi connectivity index (χ2v) is 6.91. The van der Waals surface area contributed by atoms with Crippen molar-refractivity contribution < 1.29 is 19.1 Å². The van der Waals surface area contributed by atoms with E-state index in [-0.39, 0.29) is 36.1 Å². The van der Waals surface area contributed by atoms with E-state index in [1.165, 1.54) is 6.08 Å². The zero-order valence-corrected chi connectivity index (χ0v) is 14.9. The predicted octanol–water partition coefficient (Wildman–Crippen LogP) is 2.11. The molecular weight excluding hydrogens is 332 g/mol. The zero-order valence-electron chi connectivity index (χ0n) is 14.9. The highest BCUT2D eigenvalue weighted by Gasteiger charge is 2.56. The minimum absolute atomic E-state index is 0.0546. The van der Waals surface area contributed by atoms with Gasteiger partial charge < -0.3 is 15.4 Å². The van der Waals surface area contributed by atoms with Gasteiger partial charge in [0.25, 0.3) is 0 Å². The zero-order chi connectivity index (χ0) is 19.0. The first kappa shape index (κ1) is 17.9. The molecule has 2 aliphatic heterocycles. The first-order valence-electron chi connectivity index (χ1n) is 8.61. The number of fused-ring (bicyclic) bond motifs is 1. The normalized spacial score (nSPS) is 21.5. The summed E-state index contributed by atoms with van der Waals surface area (Å²) in [6.07, 6.45) is 2.03. The molecule has 2 amide bonds. The molecule has 2 aliphatic rings. The molecule has 2 N–H and O–H groups in total. The van der Waals surface area contributed by atoms with Crippen molar-refractivity contribution in [3.8, 4) is 0 Å². The Hall–Kier alpha value is -2.89. The Morgan fingerprint density at radius 3 is 2.77 bits per heavy atom. The van der Waals surface area contributed by atoms with E-state index in [2.05, 4.69) is 6.58 Å². The molecule has 0 aromatic heterocycles. The lowest BCUT2D eigenvalue weighted by Gasteiger charge is -2.45. The van der Waals surface area contributed by atoms with Crippen LogP contribution in [-0.4, -0.2) is 35.3 Å². The standard InChI is InChI=1S/C20H22N2O4/c1-4-8-26-20(25)17-14(12-6-5-7-13(9-12)18(21)23)10-15-16(11(2)3)19(24)22(15)17/h4-7,9,11,15-16H,1,8,10H2,2-3H3,(H2,21,23). The monoisotopic (exact) mass is 354 g/mol.